The third-order valence-electron chi connectivity index (χ3n) is 2.31. The number of nitrogens with one attached hydrogen (secondary N) is 2. The van der Waals surface area contributed by atoms with E-state index in [0.717, 1.165) is 19.0 Å². The second-order valence-electron chi connectivity index (χ2n) is 4.51. The average molecular weight is 156 g/mol. The Kier molecular flexibility index (Phi) is 2.55. The highest BCUT2D eigenvalue weighted by atomic mass is 15.1. The third kappa shape index (κ3) is 2.46. The molecule has 66 valence electrons. The molecule has 0 saturated carbocycles. The molecule has 0 aromatic rings. The Morgan fingerprint density at radius 1 is 1.36 bits per heavy atom. The monoisotopic (exact) mass is 156 g/mol. The van der Waals surface area contributed by atoms with Gasteiger partial charge in [-0.15, -0.1) is 0 Å². The Bertz CT molecular complexity index is 130. The summed E-state index contributed by atoms with van der Waals surface area (Å²) in [5.41, 5.74) is 0.271. The SMILES string of the molecule is CC(C)C1CNCC(C)(C)N1. The van der Waals surface area contributed by atoms with E-state index in [4.69, 9.17) is 0 Å². The summed E-state index contributed by atoms with van der Waals surface area (Å²) in [6, 6.07) is 0.638. The van der Waals surface area contributed by atoms with E-state index in [0.29, 0.717) is 6.04 Å². The number of rotatable bonds is 1. The van der Waals surface area contributed by atoms with Crippen LogP contribution < -0.4 is 10.6 Å². The molecule has 2 heteroatoms. The van der Waals surface area contributed by atoms with E-state index in [1.54, 1.807) is 0 Å². The van der Waals surface area contributed by atoms with Gasteiger partial charge < -0.3 is 10.6 Å². The van der Waals surface area contributed by atoms with Crippen molar-refractivity contribution in [2.75, 3.05) is 13.1 Å². The lowest BCUT2D eigenvalue weighted by Gasteiger charge is -2.39. The molecular weight excluding hydrogens is 136 g/mol. The first-order chi connectivity index (χ1) is 5.01. The molecule has 0 aromatic heterocycles. The Morgan fingerprint density at radius 2 is 2.00 bits per heavy atom. The fourth-order valence-electron chi connectivity index (χ4n) is 1.55. The molecule has 1 aliphatic heterocycles. The Hall–Kier alpha value is -0.0800. The van der Waals surface area contributed by atoms with Crippen LogP contribution in [0.5, 0.6) is 0 Å². The summed E-state index contributed by atoms with van der Waals surface area (Å²) in [5.74, 6) is 0.724. The van der Waals surface area contributed by atoms with Gasteiger partial charge in [0.1, 0.15) is 0 Å². The van der Waals surface area contributed by atoms with Gasteiger partial charge in [-0.05, 0) is 19.8 Å². The summed E-state index contributed by atoms with van der Waals surface area (Å²) >= 11 is 0. The van der Waals surface area contributed by atoms with Gasteiger partial charge in [0, 0.05) is 24.7 Å². The molecule has 1 heterocycles. The zero-order chi connectivity index (χ0) is 8.48. The van der Waals surface area contributed by atoms with Crippen molar-refractivity contribution in [2.45, 2.75) is 39.3 Å². The van der Waals surface area contributed by atoms with E-state index in [-0.39, 0.29) is 5.54 Å². The number of hydrogen-bond donors (Lipinski definition) is 2. The van der Waals surface area contributed by atoms with Crippen molar-refractivity contribution in [3.63, 3.8) is 0 Å². The van der Waals surface area contributed by atoms with Gasteiger partial charge in [-0.25, -0.2) is 0 Å². The Labute approximate surface area is 69.8 Å². The first-order valence-electron chi connectivity index (χ1n) is 4.50. The van der Waals surface area contributed by atoms with Crippen molar-refractivity contribution < 1.29 is 0 Å². The molecule has 2 nitrogen and oxygen atoms in total. The maximum Gasteiger partial charge on any atom is 0.0252 e. The van der Waals surface area contributed by atoms with Crippen LogP contribution in [0.2, 0.25) is 0 Å². The van der Waals surface area contributed by atoms with Gasteiger partial charge in [-0.3, -0.25) is 0 Å². The zero-order valence-electron chi connectivity index (χ0n) is 8.07. The maximum atomic E-state index is 3.63. The van der Waals surface area contributed by atoms with Gasteiger partial charge >= 0.3 is 0 Å². The van der Waals surface area contributed by atoms with Crippen LogP contribution in [0, 0.1) is 5.92 Å². The molecule has 0 spiro atoms. The van der Waals surface area contributed by atoms with E-state index in [9.17, 15) is 0 Å². The van der Waals surface area contributed by atoms with Crippen LogP contribution in [-0.4, -0.2) is 24.7 Å². The molecule has 0 radical (unpaired) electrons. The van der Waals surface area contributed by atoms with E-state index in [1.807, 2.05) is 0 Å². The summed E-state index contributed by atoms with van der Waals surface area (Å²) in [7, 11) is 0. The average Bonchev–Trinajstić information content (AvgIpc) is 1.85. The molecule has 0 aliphatic carbocycles. The normalized spacial score (nSPS) is 30.8. The van der Waals surface area contributed by atoms with Crippen LogP contribution in [0.15, 0.2) is 0 Å². The van der Waals surface area contributed by atoms with E-state index < -0.39 is 0 Å². The summed E-state index contributed by atoms with van der Waals surface area (Å²) in [6.07, 6.45) is 0. The number of hydrogen-bond acceptors (Lipinski definition) is 2. The summed E-state index contributed by atoms with van der Waals surface area (Å²) in [5, 5.41) is 7.07. The lowest BCUT2D eigenvalue weighted by molar-refractivity contribution is 0.225. The quantitative estimate of drug-likeness (QED) is 0.591. The van der Waals surface area contributed by atoms with E-state index in [1.165, 1.54) is 0 Å². The van der Waals surface area contributed by atoms with Crippen LogP contribution in [0.25, 0.3) is 0 Å². The lowest BCUT2D eigenvalue weighted by Crippen LogP contribution is -2.62. The minimum Gasteiger partial charge on any atom is -0.313 e. The van der Waals surface area contributed by atoms with Crippen LogP contribution in [0.1, 0.15) is 27.7 Å². The minimum atomic E-state index is 0.271. The highest BCUT2D eigenvalue weighted by Gasteiger charge is 2.27. The first-order valence-corrected chi connectivity index (χ1v) is 4.50. The van der Waals surface area contributed by atoms with E-state index >= 15 is 0 Å². The topological polar surface area (TPSA) is 24.1 Å². The number of piperazine rings is 1. The minimum absolute atomic E-state index is 0.271. The third-order valence-corrected chi connectivity index (χ3v) is 2.31. The van der Waals surface area contributed by atoms with Crippen LogP contribution in [-0.2, 0) is 0 Å². The Balaban J connectivity index is 2.46. The van der Waals surface area contributed by atoms with Gasteiger partial charge in [0.2, 0.25) is 0 Å². The van der Waals surface area contributed by atoms with Crippen LogP contribution in [0.3, 0.4) is 0 Å². The maximum absolute atomic E-state index is 3.63. The zero-order valence-corrected chi connectivity index (χ0v) is 8.07. The molecule has 0 amide bonds. The summed E-state index contributed by atoms with van der Waals surface area (Å²) in [4.78, 5) is 0. The second kappa shape index (κ2) is 3.11. The fraction of sp³-hybridized carbons (Fsp3) is 1.00. The molecule has 1 saturated heterocycles. The molecule has 0 aromatic carbocycles. The highest BCUT2D eigenvalue weighted by Crippen LogP contribution is 2.11. The van der Waals surface area contributed by atoms with Crippen molar-refractivity contribution in [3.05, 3.63) is 0 Å². The largest absolute Gasteiger partial charge is 0.313 e. The first kappa shape index (κ1) is 9.01. The molecule has 1 fully saturated rings. The predicted octanol–water partition coefficient (Wildman–Crippen LogP) is 0.982. The van der Waals surface area contributed by atoms with Crippen molar-refractivity contribution >= 4 is 0 Å². The van der Waals surface area contributed by atoms with Gasteiger partial charge in [-0.2, -0.15) is 0 Å². The van der Waals surface area contributed by atoms with Gasteiger partial charge in [0.25, 0.3) is 0 Å². The van der Waals surface area contributed by atoms with Gasteiger partial charge in [0.15, 0.2) is 0 Å². The summed E-state index contributed by atoms with van der Waals surface area (Å²) in [6.45, 7) is 11.2. The lowest BCUT2D eigenvalue weighted by atomic mass is 9.95. The second-order valence-corrected chi connectivity index (χ2v) is 4.51. The van der Waals surface area contributed by atoms with Gasteiger partial charge in [0.05, 0.1) is 0 Å². The molecule has 0 bridgehead atoms. The fourth-order valence-corrected chi connectivity index (χ4v) is 1.55. The molecule has 1 rings (SSSR count). The Morgan fingerprint density at radius 3 is 2.36 bits per heavy atom. The smallest absolute Gasteiger partial charge is 0.0252 e. The standard InChI is InChI=1S/C9H20N2/c1-7(2)8-5-10-6-9(3,4)11-8/h7-8,10-11H,5-6H2,1-4H3. The van der Waals surface area contributed by atoms with Crippen molar-refractivity contribution in [1.82, 2.24) is 10.6 Å². The predicted molar refractivity (Wildman–Crippen MR) is 48.7 cm³/mol. The van der Waals surface area contributed by atoms with Crippen molar-refractivity contribution in [1.29, 1.82) is 0 Å². The van der Waals surface area contributed by atoms with Crippen molar-refractivity contribution in [2.24, 2.45) is 5.92 Å². The molecule has 1 unspecified atom stereocenters. The molecular formula is C9H20N2. The van der Waals surface area contributed by atoms with Crippen molar-refractivity contribution in [3.8, 4) is 0 Å². The molecule has 1 atom stereocenters. The molecule has 2 N–H and O–H groups in total. The molecule has 11 heavy (non-hydrogen) atoms. The van der Waals surface area contributed by atoms with Crippen LogP contribution in [0.4, 0.5) is 0 Å². The summed E-state index contributed by atoms with van der Waals surface area (Å²) < 4.78 is 0. The molecule has 1 aliphatic rings. The van der Waals surface area contributed by atoms with Gasteiger partial charge in [-0.1, -0.05) is 13.8 Å². The van der Waals surface area contributed by atoms with Crippen LogP contribution >= 0.6 is 0 Å². The van der Waals surface area contributed by atoms with E-state index in [2.05, 4.69) is 38.3 Å². The highest BCUT2D eigenvalue weighted by molar-refractivity contribution is 4.91.